The molecule has 11 heteroatoms. The van der Waals surface area contributed by atoms with Gasteiger partial charge in [-0.3, -0.25) is 15.1 Å². The van der Waals surface area contributed by atoms with E-state index in [-0.39, 0.29) is 6.03 Å². The standard InChI is InChI=1S/C26H20ClN9O/c1-36(2)26(37)31-18-7-15(9-28-11-18)16-8-19-23(34-35-24(19)30-10-16)25-32-21-13-29-12-20(22(21)33-25)14-4-3-5-17(27)6-14/h3-13H,1-2H3,(H,31,37)(H,32,33)(H,30,34,35). The van der Waals surface area contributed by atoms with Gasteiger partial charge in [0.05, 0.1) is 34.5 Å². The molecule has 10 nitrogen and oxygen atoms in total. The number of carbonyl (C=O) groups is 1. The summed E-state index contributed by atoms with van der Waals surface area (Å²) in [6, 6.07) is 11.2. The molecule has 182 valence electrons. The Morgan fingerprint density at radius 1 is 0.973 bits per heavy atom. The van der Waals surface area contributed by atoms with Gasteiger partial charge in [-0.15, -0.1) is 0 Å². The number of fused-ring (bicyclic) bond motifs is 2. The molecule has 0 aliphatic heterocycles. The lowest BCUT2D eigenvalue weighted by Crippen LogP contribution is -2.27. The molecule has 6 rings (SSSR count). The summed E-state index contributed by atoms with van der Waals surface area (Å²) in [5.41, 5.74) is 6.81. The van der Waals surface area contributed by atoms with Crippen molar-refractivity contribution < 1.29 is 4.79 Å². The summed E-state index contributed by atoms with van der Waals surface area (Å²) in [6.45, 7) is 0. The number of amides is 2. The van der Waals surface area contributed by atoms with Gasteiger partial charge in [0.1, 0.15) is 5.69 Å². The lowest BCUT2D eigenvalue weighted by atomic mass is 10.1. The van der Waals surface area contributed by atoms with Crippen molar-refractivity contribution >= 4 is 45.4 Å². The number of aromatic nitrogens is 7. The number of carbonyl (C=O) groups excluding carboxylic acids is 1. The maximum Gasteiger partial charge on any atom is 0.321 e. The van der Waals surface area contributed by atoms with E-state index in [1.807, 2.05) is 36.4 Å². The highest BCUT2D eigenvalue weighted by molar-refractivity contribution is 6.30. The minimum Gasteiger partial charge on any atom is -0.335 e. The quantitative estimate of drug-likeness (QED) is 0.293. The number of hydrogen-bond acceptors (Lipinski definition) is 6. The molecule has 0 radical (unpaired) electrons. The van der Waals surface area contributed by atoms with Crippen molar-refractivity contribution in [2.45, 2.75) is 0 Å². The van der Waals surface area contributed by atoms with E-state index in [0.717, 1.165) is 38.7 Å². The number of nitrogens with one attached hydrogen (secondary N) is 3. The molecule has 0 fully saturated rings. The highest BCUT2D eigenvalue weighted by Crippen LogP contribution is 2.33. The topological polar surface area (TPSA) is 128 Å². The molecule has 5 aromatic heterocycles. The van der Waals surface area contributed by atoms with Gasteiger partial charge >= 0.3 is 6.03 Å². The molecule has 0 bridgehead atoms. The third-order valence-electron chi connectivity index (χ3n) is 5.91. The summed E-state index contributed by atoms with van der Waals surface area (Å²) >= 11 is 6.22. The Morgan fingerprint density at radius 2 is 1.81 bits per heavy atom. The monoisotopic (exact) mass is 509 g/mol. The van der Waals surface area contributed by atoms with Gasteiger partial charge in [0.25, 0.3) is 0 Å². The van der Waals surface area contributed by atoms with Crippen LogP contribution in [0.5, 0.6) is 0 Å². The first-order valence-corrected chi connectivity index (χ1v) is 11.7. The van der Waals surface area contributed by atoms with Gasteiger partial charge < -0.3 is 15.2 Å². The van der Waals surface area contributed by atoms with Crippen LogP contribution in [0.25, 0.3) is 55.8 Å². The van der Waals surface area contributed by atoms with Crippen LogP contribution in [0.4, 0.5) is 10.5 Å². The fourth-order valence-corrected chi connectivity index (χ4v) is 4.25. The molecule has 0 aliphatic carbocycles. The largest absolute Gasteiger partial charge is 0.335 e. The van der Waals surface area contributed by atoms with Gasteiger partial charge in [0.2, 0.25) is 0 Å². The van der Waals surface area contributed by atoms with E-state index in [1.165, 1.54) is 4.90 Å². The van der Waals surface area contributed by atoms with Gasteiger partial charge in [0.15, 0.2) is 11.5 Å². The van der Waals surface area contributed by atoms with E-state index in [9.17, 15) is 4.79 Å². The summed E-state index contributed by atoms with van der Waals surface area (Å²) in [7, 11) is 3.36. The van der Waals surface area contributed by atoms with Crippen molar-refractivity contribution in [3.05, 3.63) is 72.4 Å². The van der Waals surface area contributed by atoms with Crippen molar-refractivity contribution in [3.63, 3.8) is 0 Å². The van der Waals surface area contributed by atoms with E-state index >= 15 is 0 Å². The van der Waals surface area contributed by atoms with Crippen molar-refractivity contribution in [2.75, 3.05) is 19.4 Å². The number of aromatic amines is 2. The van der Waals surface area contributed by atoms with Crippen LogP contribution in [0.2, 0.25) is 5.02 Å². The lowest BCUT2D eigenvalue weighted by molar-refractivity contribution is 0.230. The first-order chi connectivity index (χ1) is 18.0. The Kier molecular flexibility index (Phi) is 5.50. The second kappa shape index (κ2) is 8.99. The predicted molar refractivity (Wildman–Crippen MR) is 143 cm³/mol. The smallest absolute Gasteiger partial charge is 0.321 e. The molecular formula is C26H20ClN9O. The van der Waals surface area contributed by atoms with Crippen molar-refractivity contribution in [3.8, 4) is 33.8 Å². The molecule has 37 heavy (non-hydrogen) atoms. The van der Waals surface area contributed by atoms with Crippen LogP contribution in [0.1, 0.15) is 0 Å². The van der Waals surface area contributed by atoms with Crippen LogP contribution in [-0.4, -0.2) is 60.1 Å². The first-order valence-electron chi connectivity index (χ1n) is 11.3. The van der Waals surface area contributed by atoms with Gasteiger partial charge in [-0.1, -0.05) is 23.7 Å². The van der Waals surface area contributed by atoms with Gasteiger partial charge in [-0.25, -0.2) is 14.8 Å². The fraction of sp³-hybridized carbons (Fsp3) is 0.0769. The van der Waals surface area contributed by atoms with Gasteiger partial charge in [-0.05, 0) is 29.8 Å². The van der Waals surface area contributed by atoms with Crippen molar-refractivity contribution in [1.29, 1.82) is 0 Å². The number of rotatable bonds is 4. The summed E-state index contributed by atoms with van der Waals surface area (Å²) in [4.78, 5) is 34.9. The zero-order valence-corrected chi connectivity index (χ0v) is 20.6. The van der Waals surface area contributed by atoms with Crippen molar-refractivity contribution in [1.82, 2.24) is 40.0 Å². The zero-order valence-electron chi connectivity index (χ0n) is 19.8. The molecule has 0 saturated heterocycles. The first kappa shape index (κ1) is 22.6. The van der Waals surface area contributed by atoms with Crippen LogP contribution < -0.4 is 5.32 Å². The van der Waals surface area contributed by atoms with Gasteiger partial charge in [-0.2, -0.15) is 5.10 Å². The number of H-pyrrole nitrogens is 2. The summed E-state index contributed by atoms with van der Waals surface area (Å²) in [5, 5.41) is 11.7. The molecule has 0 spiro atoms. The molecule has 3 N–H and O–H groups in total. The Labute approximate surface area is 215 Å². The molecule has 6 aromatic rings. The highest BCUT2D eigenvalue weighted by atomic mass is 35.5. The summed E-state index contributed by atoms with van der Waals surface area (Å²) in [5.74, 6) is 0.609. The van der Waals surface area contributed by atoms with Crippen LogP contribution in [0.15, 0.2) is 67.4 Å². The number of halogens is 1. The maximum atomic E-state index is 12.0. The lowest BCUT2D eigenvalue weighted by Gasteiger charge is -2.12. The number of hydrogen-bond donors (Lipinski definition) is 3. The number of nitrogens with zero attached hydrogens (tertiary/aromatic N) is 6. The number of pyridine rings is 3. The average molecular weight is 510 g/mol. The number of anilines is 1. The van der Waals surface area contributed by atoms with E-state index in [0.29, 0.717) is 27.9 Å². The number of imidazole rings is 1. The second-order valence-corrected chi connectivity index (χ2v) is 9.10. The molecule has 0 unspecified atom stereocenters. The van der Waals surface area contributed by atoms with Crippen LogP contribution >= 0.6 is 11.6 Å². The number of urea groups is 1. The van der Waals surface area contributed by atoms with Crippen molar-refractivity contribution in [2.24, 2.45) is 0 Å². The molecule has 2 amide bonds. The Bertz CT molecular complexity index is 1790. The Morgan fingerprint density at radius 3 is 2.65 bits per heavy atom. The van der Waals surface area contributed by atoms with E-state index < -0.39 is 0 Å². The van der Waals surface area contributed by atoms with Crippen LogP contribution in [0.3, 0.4) is 0 Å². The van der Waals surface area contributed by atoms with Crippen LogP contribution in [-0.2, 0) is 0 Å². The van der Waals surface area contributed by atoms with Crippen LogP contribution in [0, 0.1) is 0 Å². The molecular weight excluding hydrogens is 490 g/mol. The fourth-order valence-electron chi connectivity index (χ4n) is 4.06. The zero-order chi connectivity index (χ0) is 25.5. The second-order valence-electron chi connectivity index (χ2n) is 8.66. The molecule has 1 aromatic carbocycles. The Hall–Kier alpha value is -4.83. The molecule has 0 atom stereocenters. The Balaban J connectivity index is 1.41. The highest BCUT2D eigenvalue weighted by Gasteiger charge is 2.17. The number of benzene rings is 1. The minimum atomic E-state index is -0.235. The molecule has 5 heterocycles. The van der Waals surface area contributed by atoms with Gasteiger partial charge in [0, 0.05) is 54.4 Å². The minimum absolute atomic E-state index is 0.235. The summed E-state index contributed by atoms with van der Waals surface area (Å²) < 4.78 is 0. The van der Waals surface area contributed by atoms with E-state index in [1.54, 1.807) is 45.1 Å². The SMILES string of the molecule is CN(C)C(=O)Nc1cncc(-c2cnc3n[nH]c(-c4nc5c(-c6cccc(Cl)c6)cncc5[nH]4)c3c2)c1. The van der Waals surface area contributed by atoms with E-state index in [4.69, 9.17) is 16.6 Å². The molecule has 0 saturated carbocycles. The third-order valence-corrected chi connectivity index (χ3v) is 6.14. The third kappa shape index (κ3) is 4.23. The average Bonchev–Trinajstić information content (AvgIpc) is 3.52. The molecule has 0 aliphatic rings. The summed E-state index contributed by atoms with van der Waals surface area (Å²) in [6.07, 6.45) is 8.55. The maximum absolute atomic E-state index is 12.0. The predicted octanol–water partition coefficient (Wildman–Crippen LogP) is 5.37. The van der Waals surface area contributed by atoms with E-state index in [2.05, 4.69) is 35.5 Å². The normalized spacial score (nSPS) is 11.2.